The molecule has 2 aliphatic heterocycles. The number of carbonyl (C=O) groups excluding carboxylic acids is 1. The number of benzene rings is 2. The lowest BCUT2D eigenvalue weighted by Gasteiger charge is -2.39. The van der Waals surface area contributed by atoms with Crippen molar-refractivity contribution in [3.63, 3.8) is 0 Å². The average molecular weight is 306 g/mol. The van der Waals surface area contributed by atoms with Crippen LogP contribution in [0.4, 0.5) is 11.4 Å². The third-order valence-corrected chi connectivity index (χ3v) is 5.51. The fraction of sp³-hybridized carbons (Fsp3) is 0.350. The number of carbonyl (C=O) groups is 1. The third kappa shape index (κ3) is 1.86. The van der Waals surface area contributed by atoms with Gasteiger partial charge in [0.25, 0.3) is 0 Å². The summed E-state index contributed by atoms with van der Waals surface area (Å²) in [7, 11) is 4.01. The van der Waals surface area contributed by atoms with Crippen molar-refractivity contribution in [3.05, 3.63) is 59.2 Å². The van der Waals surface area contributed by atoms with Gasteiger partial charge in [0.15, 0.2) is 0 Å². The van der Waals surface area contributed by atoms with Crippen molar-refractivity contribution in [2.45, 2.75) is 25.2 Å². The zero-order chi connectivity index (χ0) is 16.2. The van der Waals surface area contributed by atoms with Crippen molar-refractivity contribution in [2.24, 2.45) is 0 Å². The van der Waals surface area contributed by atoms with Crippen molar-refractivity contribution >= 4 is 17.3 Å². The summed E-state index contributed by atoms with van der Waals surface area (Å²) in [6.07, 6.45) is 1.56. The van der Waals surface area contributed by atoms with Crippen molar-refractivity contribution in [1.82, 2.24) is 0 Å². The average Bonchev–Trinajstić information content (AvgIpc) is 2.85. The Morgan fingerprint density at radius 2 is 1.83 bits per heavy atom. The highest BCUT2D eigenvalue weighted by molar-refractivity contribution is 5.99. The molecule has 0 saturated heterocycles. The molecule has 0 N–H and O–H groups in total. The van der Waals surface area contributed by atoms with E-state index in [9.17, 15) is 4.79 Å². The first-order valence-corrected chi connectivity index (χ1v) is 8.27. The Kier molecular flexibility index (Phi) is 3.02. The van der Waals surface area contributed by atoms with Crippen LogP contribution < -0.4 is 9.80 Å². The third-order valence-electron chi connectivity index (χ3n) is 5.51. The Morgan fingerprint density at radius 3 is 2.61 bits per heavy atom. The molecule has 2 aliphatic rings. The van der Waals surface area contributed by atoms with Crippen LogP contribution in [0.5, 0.6) is 0 Å². The van der Waals surface area contributed by atoms with Crippen molar-refractivity contribution in [2.75, 3.05) is 30.4 Å². The monoisotopic (exact) mass is 306 g/mol. The molecule has 0 aromatic heterocycles. The number of aryl methyl sites for hydroxylation is 1. The van der Waals surface area contributed by atoms with Gasteiger partial charge < -0.3 is 9.80 Å². The highest BCUT2D eigenvalue weighted by Crippen LogP contribution is 2.52. The van der Waals surface area contributed by atoms with Gasteiger partial charge in [0.1, 0.15) is 0 Å². The van der Waals surface area contributed by atoms with Gasteiger partial charge in [-0.25, -0.2) is 0 Å². The van der Waals surface area contributed by atoms with E-state index >= 15 is 0 Å². The first-order valence-electron chi connectivity index (χ1n) is 8.27. The summed E-state index contributed by atoms with van der Waals surface area (Å²) in [5, 5.41) is 0. The molecule has 1 unspecified atom stereocenters. The zero-order valence-corrected chi connectivity index (χ0v) is 14.0. The molecule has 0 aliphatic carbocycles. The standard InChI is InChI=1S/C20H22N2O/c1-4-14-9-10-17-16(11-14)20(13-21(17)2)12-19(23)22(3)18-8-6-5-7-15(18)20/h5-11H,4,12-13H2,1-3H3. The maximum atomic E-state index is 12.7. The van der Waals surface area contributed by atoms with E-state index in [0.29, 0.717) is 6.42 Å². The molecule has 23 heavy (non-hydrogen) atoms. The molecule has 0 bridgehead atoms. The maximum absolute atomic E-state index is 12.7. The maximum Gasteiger partial charge on any atom is 0.228 e. The fourth-order valence-corrected chi connectivity index (χ4v) is 4.25. The van der Waals surface area contributed by atoms with Crippen LogP contribution in [0.2, 0.25) is 0 Å². The molecule has 3 nitrogen and oxygen atoms in total. The molecule has 2 heterocycles. The van der Waals surface area contributed by atoms with E-state index in [1.54, 1.807) is 0 Å². The molecule has 118 valence electrons. The van der Waals surface area contributed by atoms with E-state index in [1.165, 1.54) is 22.4 Å². The molecule has 3 heteroatoms. The van der Waals surface area contributed by atoms with Crippen LogP contribution in [0.1, 0.15) is 30.0 Å². The summed E-state index contributed by atoms with van der Waals surface area (Å²) in [6.45, 7) is 3.05. The minimum atomic E-state index is -0.213. The molecule has 1 spiro atoms. The number of anilines is 2. The number of hydrogen-bond donors (Lipinski definition) is 0. The van der Waals surface area contributed by atoms with Crippen LogP contribution >= 0.6 is 0 Å². The van der Waals surface area contributed by atoms with Gasteiger partial charge in [-0.3, -0.25) is 4.79 Å². The van der Waals surface area contributed by atoms with Crippen LogP contribution in [-0.4, -0.2) is 26.5 Å². The normalized spacial score (nSPS) is 22.5. The Bertz CT molecular complexity index is 798. The molecule has 0 fully saturated rings. The lowest BCUT2D eigenvalue weighted by atomic mass is 9.70. The first kappa shape index (κ1) is 14.3. The van der Waals surface area contributed by atoms with E-state index < -0.39 is 0 Å². The van der Waals surface area contributed by atoms with Gasteiger partial charge in [0.05, 0.1) is 5.41 Å². The van der Waals surface area contributed by atoms with Crippen LogP contribution in [0, 0.1) is 0 Å². The van der Waals surface area contributed by atoms with Crippen LogP contribution in [0.25, 0.3) is 0 Å². The number of rotatable bonds is 1. The van der Waals surface area contributed by atoms with Gasteiger partial charge in [-0.1, -0.05) is 37.3 Å². The Hall–Kier alpha value is -2.29. The topological polar surface area (TPSA) is 23.6 Å². The smallest absolute Gasteiger partial charge is 0.228 e. The second-order valence-electron chi connectivity index (χ2n) is 6.79. The van der Waals surface area contributed by atoms with E-state index in [1.807, 2.05) is 18.0 Å². The van der Waals surface area contributed by atoms with Gasteiger partial charge in [0.2, 0.25) is 5.91 Å². The summed E-state index contributed by atoms with van der Waals surface area (Å²) in [6, 6.07) is 15.1. The fourth-order valence-electron chi connectivity index (χ4n) is 4.25. The lowest BCUT2D eigenvalue weighted by Crippen LogP contribution is -2.45. The van der Waals surface area contributed by atoms with Crippen LogP contribution in [0.15, 0.2) is 42.5 Å². The summed E-state index contributed by atoms with van der Waals surface area (Å²) in [5.41, 5.74) is 6.02. The SMILES string of the molecule is CCc1ccc2c(c1)C1(CC(=O)N(C)c3ccccc31)CN2C. The van der Waals surface area contributed by atoms with Gasteiger partial charge in [0, 0.05) is 38.4 Å². The second-order valence-corrected chi connectivity index (χ2v) is 6.79. The number of para-hydroxylation sites is 1. The lowest BCUT2D eigenvalue weighted by molar-refractivity contribution is -0.119. The van der Waals surface area contributed by atoms with Crippen molar-refractivity contribution in [1.29, 1.82) is 0 Å². The number of amides is 1. The molecule has 1 atom stereocenters. The molecule has 0 radical (unpaired) electrons. The van der Waals surface area contributed by atoms with Crippen molar-refractivity contribution in [3.8, 4) is 0 Å². The molecule has 4 rings (SSSR count). The number of nitrogens with zero attached hydrogens (tertiary/aromatic N) is 2. The molecule has 2 aromatic carbocycles. The van der Waals surface area contributed by atoms with Crippen molar-refractivity contribution < 1.29 is 4.79 Å². The van der Waals surface area contributed by atoms with E-state index in [4.69, 9.17) is 0 Å². The summed E-state index contributed by atoms with van der Waals surface area (Å²) in [4.78, 5) is 16.8. The van der Waals surface area contributed by atoms with Crippen LogP contribution in [0.3, 0.4) is 0 Å². The van der Waals surface area contributed by atoms with E-state index in [0.717, 1.165) is 18.7 Å². The van der Waals surface area contributed by atoms with E-state index in [2.05, 4.69) is 55.3 Å². The molecular weight excluding hydrogens is 284 g/mol. The summed E-state index contributed by atoms with van der Waals surface area (Å²) in [5.74, 6) is 0.201. The number of fused-ring (bicyclic) bond motifs is 4. The van der Waals surface area contributed by atoms with Gasteiger partial charge in [-0.2, -0.15) is 0 Å². The summed E-state index contributed by atoms with van der Waals surface area (Å²) < 4.78 is 0. The number of likely N-dealkylation sites (N-methyl/N-ethyl adjacent to an activating group) is 1. The van der Waals surface area contributed by atoms with Gasteiger partial charge in [-0.05, 0) is 35.2 Å². The van der Waals surface area contributed by atoms with Gasteiger partial charge >= 0.3 is 0 Å². The minimum Gasteiger partial charge on any atom is -0.373 e. The predicted molar refractivity (Wildman–Crippen MR) is 94.3 cm³/mol. The predicted octanol–water partition coefficient (Wildman–Crippen LogP) is 3.35. The Morgan fingerprint density at radius 1 is 1.04 bits per heavy atom. The highest BCUT2D eigenvalue weighted by Gasteiger charge is 2.49. The molecule has 2 aromatic rings. The van der Waals surface area contributed by atoms with E-state index in [-0.39, 0.29) is 11.3 Å². The summed E-state index contributed by atoms with van der Waals surface area (Å²) >= 11 is 0. The van der Waals surface area contributed by atoms with Gasteiger partial charge in [-0.15, -0.1) is 0 Å². The Labute approximate surface area is 137 Å². The Balaban J connectivity index is 2.00. The quantitative estimate of drug-likeness (QED) is 0.806. The largest absolute Gasteiger partial charge is 0.373 e. The molecular formula is C20H22N2O. The molecule has 0 saturated carbocycles. The highest BCUT2D eigenvalue weighted by atomic mass is 16.2. The first-order chi connectivity index (χ1) is 11.1. The van der Waals surface area contributed by atoms with Crippen LogP contribution in [-0.2, 0) is 16.6 Å². The minimum absolute atomic E-state index is 0.201. The zero-order valence-electron chi connectivity index (χ0n) is 14.0. The number of hydrogen-bond acceptors (Lipinski definition) is 2. The molecule has 1 amide bonds. The second kappa shape index (κ2) is 4.85.